The summed E-state index contributed by atoms with van der Waals surface area (Å²) in [6, 6.07) is 5.57. The quantitative estimate of drug-likeness (QED) is 0.546. The van der Waals surface area contributed by atoms with Gasteiger partial charge in [-0.15, -0.1) is 0 Å². The number of benzene rings is 1. The SMILES string of the molecule is CN(C(=O)c1ccccc1N)C(CS)C(=O)O. The number of carbonyl (C=O) groups is 2. The Morgan fingerprint density at radius 3 is 2.53 bits per heavy atom. The zero-order valence-corrected chi connectivity index (χ0v) is 10.2. The Morgan fingerprint density at radius 2 is 2.06 bits per heavy atom. The minimum Gasteiger partial charge on any atom is -0.480 e. The zero-order chi connectivity index (χ0) is 13.0. The minimum absolute atomic E-state index is 0.0459. The van der Waals surface area contributed by atoms with Crippen LogP contribution < -0.4 is 5.73 Å². The van der Waals surface area contributed by atoms with Gasteiger partial charge in [-0.3, -0.25) is 4.79 Å². The lowest BCUT2D eigenvalue weighted by atomic mass is 10.1. The number of likely N-dealkylation sites (N-methyl/N-ethyl adjacent to an activating group) is 1. The first-order valence-electron chi connectivity index (χ1n) is 4.94. The second-order valence-electron chi connectivity index (χ2n) is 3.54. The molecule has 0 aliphatic heterocycles. The van der Waals surface area contributed by atoms with Crippen molar-refractivity contribution in [3.8, 4) is 0 Å². The van der Waals surface area contributed by atoms with Crippen LogP contribution in [0.2, 0.25) is 0 Å². The average molecular weight is 254 g/mol. The molecule has 0 spiro atoms. The van der Waals surface area contributed by atoms with Crippen molar-refractivity contribution in [1.29, 1.82) is 0 Å². The number of hydrogen-bond donors (Lipinski definition) is 3. The summed E-state index contributed by atoms with van der Waals surface area (Å²) in [4.78, 5) is 24.1. The Hall–Kier alpha value is -1.69. The van der Waals surface area contributed by atoms with Gasteiger partial charge in [0, 0.05) is 18.5 Å². The first-order chi connectivity index (χ1) is 7.99. The van der Waals surface area contributed by atoms with E-state index in [1.807, 2.05) is 0 Å². The highest BCUT2D eigenvalue weighted by Gasteiger charge is 2.26. The van der Waals surface area contributed by atoms with Gasteiger partial charge in [-0.2, -0.15) is 12.6 Å². The van der Waals surface area contributed by atoms with Crippen LogP contribution in [0.4, 0.5) is 5.69 Å². The molecule has 1 aromatic rings. The van der Waals surface area contributed by atoms with Crippen LogP contribution in [0.5, 0.6) is 0 Å². The van der Waals surface area contributed by atoms with Crippen molar-refractivity contribution in [3.63, 3.8) is 0 Å². The predicted molar refractivity (Wildman–Crippen MR) is 68.2 cm³/mol. The molecule has 3 N–H and O–H groups in total. The highest BCUT2D eigenvalue weighted by atomic mass is 32.1. The number of nitrogens with zero attached hydrogens (tertiary/aromatic N) is 1. The minimum atomic E-state index is -1.09. The fourth-order valence-electron chi connectivity index (χ4n) is 1.39. The highest BCUT2D eigenvalue weighted by molar-refractivity contribution is 7.80. The van der Waals surface area contributed by atoms with Gasteiger partial charge in [-0.1, -0.05) is 12.1 Å². The molecule has 17 heavy (non-hydrogen) atoms. The molecule has 0 heterocycles. The molecule has 0 radical (unpaired) electrons. The third-order valence-electron chi connectivity index (χ3n) is 2.44. The summed E-state index contributed by atoms with van der Waals surface area (Å²) in [5, 5.41) is 8.93. The number of carbonyl (C=O) groups excluding carboxylic acids is 1. The van der Waals surface area contributed by atoms with Crippen LogP contribution in [0, 0.1) is 0 Å². The first kappa shape index (κ1) is 13.4. The number of anilines is 1. The fourth-order valence-corrected chi connectivity index (χ4v) is 1.79. The lowest BCUT2D eigenvalue weighted by Crippen LogP contribution is -2.43. The van der Waals surface area contributed by atoms with Gasteiger partial charge in [0.2, 0.25) is 0 Å². The van der Waals surface area contributed by atoms with Gasteiger partial charge in [0.15, 0.2) is 0 Å². The normalized spacial score (nSPS) is 11.9. The third kappa shape index (κ3) is 2.91. The summed E-state index contributed by atoms with van der Waals surface area (Å²) in [5.41, 5.74) is 6.28. The highest BCUT2D eigenvalue weighted by Crippen LogP contribution is 2.14. The summed E-state index contributed by atoms with van der Waals surface area (Å²) in [7, 11) is 1.42. The van der Waals surface area contributed by atoms with Crippen LogP contribution in [-0.4, -0.2) is 40.7 Å². The molecule has 0 aromatic heterocycles. The average Bonchev–Trinajstić information content (AvgIpc) is 2.29. The van der Waals surface area contributed by atoms with E-state index in [4.69, 9.17) is 10.8 Å². The van der Waals surface area contributed by atoms with Gasteiger partial charge < -0.3 is 15.7 Å². The van der Waals surface area contributed by atoms with Crippen molar-refractivity contribution in [2.45, 2.75) is 6.04 Å². The van der Waals surface area contributed by atoms with Crippen LogP contribution in [0.3, 0.4) is 0 Å². The van der Waals surface area contributed by atoms with E-state index in [2.05, 4.69) is 12.6 Å². The molecular formula is C11H14N2O3S. The second kappa shape index (κ2) is 5.58. The van der Waals surface area contributed by atoms with Gasteiger partial charge in [-0.05, 0) is 12.1 Å². The van der Waals surface area contributed by atoms with E-state index in [1.54, 1.807) is 24.3 Å². The van der Waals surface area contributed by atoms with Crippen molar-refractivity contribution in [2.75, 3.05) is 18.5 Å². The van der Waals surface area contributed by atoms with E-state index < -0.39 is 17.9 Å². The predicted octanol–water partition coefficient (Wildman–Crippen LogP) is 0.724. The number of aliphatic carboxylic acids is 1. The molecule has 1 unspecified atom stereocenters. The fraction of sp³-hybridized carbons (Fsp3) is 0.273. The van der Waals surface area contributed by atoms with E-state index in [0.717, 1.165) is 4.90 Å². The number of amides is 1. The van der Waals surface area contributed by atoms with Crippen LogP contribution in [0.15, 0.2) is 24.3 Å². The molecule has 92 valence electrons. The number of nitrogen functional groups attached to an aromatic ring is 1. The Labute approximate surface area is 105 Å². The summed E-state index contributed by atoms with van der Waals surface area (Å²) in [6.07, 6.45) is 0. The number of rotatable bonds is 4. The molecule has 0 aliphatic rings. The van der Waals surface area contributed by atoms with E-state index in [9.17, 15) is 9.59 Å². The summed E-state index contributed by atoms with van der Waals surface area (Å²) < 4.78 is 0. The lowest BCUT2D eigenvalue weighted by Gasteiger charge is -2.23. The molecule has 1 amide bonds. The maximum atomic E-state index is 12.0. The molecule has 1 aromatic carbocycles. The maximum absolute atomic E-state index is 12.0. The number of nitrogens with two attached hydrogens (primary N) is 1. The molecule has 0 fully saturated rings. The molecule has 0 bridgehead atoms. The smallest absolute Gasteiger partial charge is 0.327 e. The monoisotopic (exact) mass is 254 g/mol. The van der Waals surface area contributed by atoms with Gasteiger partial charge in [0.25, 0.3) is 5.91 Å². The van der Waals surface area contributed by atoms with Gasteiger partial charge in [-0.25, -0.2) is 4.79 Å². The van der Waals surface area contributed by atoms with E-state index in [1.165, 1.54) is 7.05 Å². The number of thiol groups is 1. The van der Waals surface area contributed by atoms with Crippen LogP contribution in [-0.2, 0) is 4.79 Å². The third-order valence-corrected chi connectivity index (χ3v) is 2.78. The number of carboxylic acid groups (broad SMARTS) is 1. The molecule has 0 aliphatic carbocycles. The van der Waals surface area contributed by atoms with Crippen LogP contribution in [0.1, 0.15) is 10.4 Å². The zero-order valence-electron chi connectivity index (χ0n) is 9.33. The summed E-state index contributed by atoms with van der Waals surface area (Å²) in [5.74, 6) is -1.47. The summed E-state index contributed by atoms with van der Waals surface area (Å²) >= 11 is 3.92. The Kier molecular flexibility index (Phi) is 4.39. The number of para-hydroxylation sites is 1. The summed E-state index contributed by atoms with van der Waals surface area (Å²) in [6.45, 7) is 0. The van der Waals surface area contributed by atoms with Gasteiger partial charge >= 0.3 is 5.97 Å². The van der Waals surface area contributed by atoms with E-state index in [0.29, 0.717) is 11.3 Å². The maximum Gasteiger partial charge on any atom is 0.327 e. The van der Waals surface area contributed by atoms with E-state index >= 15 is 0 Å². The van der Waals surface area contributed by atoms with Crippen molar-refractivity contribution >= 4 is 30.2 Å². The molecule has 5 nitrogen and oxygen atoms in total. The van der Waals surface area contributed by atoms with Crippen molar-refractivity contribution < 1.29 is 14.7 Å². The van der Waals surface area contributed by atoms with Gasteiger partial charge in [0.1, 0.15) is 6.04 Å². The van der Waals surface area contributed by atoms with Crippen molar-refractivity contribution in [1.82, 2.24) is 4.90 Å². The molecular weight excluding hydrogens is 240 g/mol. The molecule has 1 atom stereocenters. The largest absolute Gasteiger partial charge is 0.480 e. The Balaban J connectivity index is 2.98. The second-order valence-corrected chi connectivity index (χ2v) is 3.91. The van der Waals surface area contributed by atoms with E-state index in [-0.39, 0.29) is 5.75 Å². The molecule has 0 saturated heterocycles. The topological polar surface area (TPSA) is 83.6 Å². The van der Waals surface area contributed by atoms with Crippen molar-refractivity contribution in [2.24, 2.45) is 0 Å². The Bertz CT molecular complexity index is 436. The standard InChI is InChI=1S/C11H14N2O3S/c1-13(9(6-17)11(15)16)10(14)7-4-2-3-5-8(7)12/h2-5,9,17H,6,12H2,1H3,(H,15,16). The Morgan fingerprint density at radius 1 is 1.47 bits per heavy atom. The molecule has 1 rings (SSSR count). The lowest BCUT2D eigenvalue weighted by molar-refractivity contribution is -0.141. The number of hydrogen-bond acceptors (Lipinski definition) is 4. The first-order valence-corrected chi connectivity index (χ1v) is 5.57. The van der Waals surface area contributed by atoms with Gasteiger partial charge in [0.05, 0.1) is 5.56 Å². The van der Waals surface area contributed by atoms with Crippen LogP contribution >= 0.6 is 12.6 Å². The van der Waals surface area contributed by atoms with Crippen LogP contribution in [0.25, 0.3) is 0 Å². The molecule has 6 heteroatoms. The molecule has 0 saturated carbocycles. The number of carboxylic acids is 1. The van der Waals surface area contributed by atoms with Crippen molar-refractivity contribution in [3.05, 3.63) is 29.8 Å².